The van der Waals surface area contributed by atoms with E-state index in [1.54, 1.807) is 4.90 Å². The Kier molecular flexibility index (Phi) is 6.48. The zero-order valence-electron chi connectivity index (χ0n) is 19.7. The summed E-state index contributed by atoms with van der Waals surface area (Å²) in [4.78, 5) is 33.1. The van der Waals surface area contributed by atoms with E-state index in [-0.39, 0.29) is 23.6 Å². The predicted octanol–water partition coefficient (Wildman–Crippen LogP) is 2.77. The van der Waals surface area contributed by atoms with Crippen LogP contribution in [0.15, 0.2) is 34.9 Å². The van der Waals surface area contributed by atoms with Gasteiger partial charge in [0.05, 0.1) is 0 Å². The normalized spacial score (nSPS) is 14.6. The number of hydrogen-bond acceptors (Lipinski definition) is 11. The second-order valence-corrected chi connectivity index (χ2v) is 9.02. The fraction of sp³-hybridized carbons (Fsp3) is 0.455. The Morgan fingerprint density at radius 1 is 1.12 bits per heavy atom. The number of rotatable bonds is 5. The second kappa shape index (κ2) is 9.49. The summed E-state index contributed by atoms with van der Waals surface area (Å²) < 4.78 is 10.8. The molecule has 180 valence electrons. The van der Waals surface area contributed by atoms with Crippen molar-refractivity contribution in [3.05, 3.63) is 30.3 Å². The molecule has 1 saturated heterocycles. The molecule has 0 saturated carbocycles. The molecule has 0 radical (unpaired) electrons. The van der Waals surface area contributed by atoms with Crippen molar-refractivity contribution in [2.24, 2.45) is 0 Å². The molecule has 3 aromatic rings. The van der Waals surface area contributed by atoms with Crippen LogP contribution in [0.5, 0.6) is 0 Å². The monoisotopic (exact) mass is 467 g/mol. The molecular formula is C22H29N9O3. The van der Waals surface area contributed by atoms with Crippen molar-refractivity contribution in [1.82, 2.24) is 30.4 Å². The Bertz CT molecular complexity index is 1120. The summed E-state index contributed by atoms with van der Waals surface area (Å²) in [5, 5.41) is 6.95. The van der Waals surface area contributed by atoms with Gasteiger partial charge >= 0.3 is 12.1 Å². The first-order valence-corrected chi connectivity index (χ1v) is 11.1. The minimum absolute atomic E-state index is 0.0212. The van der Waals surface area contributed by atoms with E-state index in [0.717, 1.165) is 18.5 Å². The van der Waals surface area contributed by atoms with E-state index in [1.165, 1.54) is 0 Å². The molecule has 12 nitrogen and oxygen atoms in total. The van der Waals surface area contributed by atoms with Crippen LogP contribution in [0.3, 0.4) is 0 Å². The number of carbonyl (C=O) groups excluding carboxylic acids is 1. The Balaban J connectivity index is 1.41. The van der Waals surface area contributed by atoms with Crippen molar-refractivity contribution in [1.29, 1.82) is 0 Å². The van der Waals surface area contributed by atoms with Crippen molar-refractivity contribution in [2.45, 2.75) is 45.3 Å². The number of benzene rings is 1. The van der Waals surface area contributed by atoms with Crippen LogP contribution >= 0.6 is 0 Å². The molecule has 3 heterocycles. The van der Waals surface area contributed by atoms with Crippen molar-refractivity contribution in [2.75, 3.05) is 35.7 Å². The first kappa shape index (κ1) is 23.2. The lowest BCUT2D eigenvalue weighted by atomic mass is 10.1. The molecule has 0 aliphatic carbocycles. The number of amides is 1. The number of para-hydroxylation sites is 1. The Morgan fingerprint density at radius 2 is 1.82 bits per heavy atom. The third-order valence-electron chi connectivity index (χ3n) is 5.19. The Hall–Kier alpha value is -3.96. The molecule has 2 aromatic heterocycles. The third kappa shape index (κ3) is 5.69. The average molecular weight is 468 g/mol. The first-order chi connectivity index (χ1) is 16.2. The molecule has 4 rings (SSSR count). The summed E-state index contributed by atoms with van der Waals surface area (Å²) in [6, 6.07) is 10.0. The van der Waals surface area contributed by atoms with Crippen molar-refractivity contribution < 1.29 is 14.1 Å². The van der Waals surface area contributed by atoms with Crippen molar-refractivity contribution in [3.63, 3.8) is 0 Å². The zero-order chi connectivity index (χ0) is 24.3. The number of ether oxygens (including phenoxy) is 1. The average Bonchev–Trinajstić information content (AvgIpc) is 3.28. The van der Waals surface area contributed by atoms with Gasteiger partial charge in [0.15, 0.2) is 0 Å². The van der Waals surface area contributed by atoms with E-state index >= 15 is 0 Å². The van der Waals surface area contributed by atoms with E-state index < -0.39 is 11.7 Å². The van der Waals surface area contributed by atoms with Crippen LogP contribution in [-0.4, -0.2) is 63.0 Å². The van der Waals surface area contributed by atoms with E-state index in [2.05, 4.69) is 30.4 Å². The van der Waals surface area contributed by atoms with Gasteiger partial charge in [0.25, 0.3) is 0 Å². The highest BCUT2D eigenvalue weighted by atomic mass is 16.6. The quantitative estimate of drug-likeness (QED) is 0.570. The molecule has 1 aliphatic heterocycles. The number of alkyl carbamates (subject to hydrolysis) is 1. The van der Waals surface area contributed by atoms with Gasteiger partial charge < -0.3 is 30.1 Å². The van der Waals surface area contributed by atoms with Crippen LogP contribution in [0.25, 0.3) is 11.6 Å². The largest absolute Gasteiger partial charge is 0.444 e. The summed E-state index contributed by atoms with van der Waals surface area (Å²) in [5.74, 6) is 0.875. The highest BCUT2D eigenvalue weighted by Gasteiger charge is 2.27. The molecule has 1 fully saturated rings. The maximum absolute atomic E-state index is 12.0. The van der Waals surface area contributed by atoms with Crippen LogP contribution in [0, 0.1) is 0 Å². The van der Waals surface area contributed by atoms with Gasteiger partial charge in [-0.1, -0.05) is 23.4 Å². The topological polar surface area (TPSA) is 148 Å². The highest BCUT2D eigenvalue weighted by molar-refractivity contribution is 5.68. The summed E-state index contributed by atoms with van der Waals surface area (Å²) in [6.07, 6.45) is 1.04. The van der Waals surface area contributed by atoms with Gasteiger partial charge in [0.1, 0.15) is 5.60 Å². The van der Waals surface area contributed by atoms with Gasteiger partial charge in [-0.2, -0.15) is 19.9 Å². The van der Waals surface area contributed by atoms with Gasteiger partial charge in [-0.3, -0.25) is 0 Å². The summed E-state index contributed by atoms with van der Waals surface area (Å²) in [5.41, 5.74) is 6.30. The summed E-state index contributed by atoms with van der Waals surface area (Å²) >= 11 is 0. The molecule has 0 atom stereocenters. The maximum atomic E-state index is 12.0. The Morgan fingerprint density at radius 3 is 2.50 bits per heavy atom. The van der Waals surface area contributed by atoms with E-state index in [9.17, 15) is 4.79 Å². The minimum Gasteiger partial charge on any atom is -0.444 e. The maximum Gasteiger partial charge on any atom is 0.407 e. The van der Waals surface area contributed by atoms with Gasteiger partial charge in [-0.15, -0.1) is 0 Å². The number of nitrogens with two attached hydrogens (primary N) is 1. The lowest BCUT2D eigenvalue weighted by Gasteiger charge is -2.31. The predicted molar refractivity (Wildman–Crippen MR) is 127 cm³/mol. The van der Waals surface area contributed by atoms with Crippen LogP contribution in [-0.2, 0) is 4.74 Å². The number of nitrogen functional groups attached to an aromatic ring is 1. The number of anilines is 4. The number of carbonyl (C=O) groups is 1. The number of aromatic nitrogens is 5. The number of nitrogens with one attached hydrogen (secondary N) is 1. The summed E-state index contributed by atoms with van der Waals surface area (Å²) in [7, 11) is 1.84. The smallest absolute Gasteiger partial charge is 0.407 e. The van der Waals surface area contributed by atoms with Gasteiger partial charge in [0, 0.05) is 31.9 Å². The molecule has 1 aromatic carbocycles. The van der Waals surface area contributed by atoms with E-state index in [1.807, 2.05) is 63.1 Å². The van der Waals surface area contributed by atoms with Crippen molar-refractivity contribution in [3.8, 4) is 11.6 Å². The molecule has 34 heavy (non-hydrogen) atoms. The SMILES string of the molecule is CN(c1ccccc1)c1nc(N)nc(-c2noc(N3CCC(NC(=O)OC(C)(C)C)CC3)n2)n1. The fourth-order valence-electron chi connectivity index (χ4n) is 3.52. The molecule has 3 N–H and O–H groups in total. The highest BCUT2D eigenvalue weighted by Crippen LogP contribution is 2.24. The fourth-order valence-corrected chi connectivity index (χ4v) is 3.52. The van der Waals surface area contributed by atoms with Gasteiger partial charge in [-0.05, 0) is 45.7 Å². The summed E-state index contributed by atoms with van der Waals surface area (Å²) in [6.45, 7) is 6.80. The van der Waals surface area contributed by atoms with Gasteiger partial charge in [0.2, 0.25) is 23.5 Å². The molecule has 0 bridgehead atoms. The standard InChI is InChI=1S/C22H29N9O3/c1-22(2,3)33-21(32)24-14-10-12-31(13-11-14)20-27-17(29-34-20)16-25-18(23)28-19(26-16)30(4)15-8-6-5-7-9-15/h5-9,14H,10-13H2,1-4H3,(H,24,32)(H2,23,25,26,28). The van der Waals surface area contributed by atoms with Crippen LogP contribution in [0.1, 0.15) is 33.6 Å². The number of hydrogen-bond donors (Lipinski definition) is 2. The first-order valence-electron chi connectivity index (χ1n) is 11.1. The molecule has 1 amide bonds. The van der Waals surface area contributed by atoms with Crippen molar-refractivity contribution >= 4 is 29.7 Å². The van der Waals surface area contributed by atoms with Gasteiger partial charge in [-0.25, -0.2) is 4.79 Å². The van der Waals surface area contributed by atoms with Crippen LogP contribution < -0.4 is 20.9 Å². The van der Waals surface area contributed by atoms with Crippen LogP contribution in [0.4, 0.5) is 28.4 Å². The molecular weight excluding hydrogens is 438 g/mol. The number of nitrogens with zero attached hydrogens (tertiary/aromatic N) is 7. The minimum atomic E-state index is -0.529. The molecule has 1 aliphatic rings. The van der Waals surface area contributed by atoms with E-state index in [4.69, 9.17) is 15.0 Å². The number of piperidine rings is 1. The third-order valence-corrected chi connectivity index (χ3v) is 5.19. The van der Waals surface area contributed by atoms with Crippen LogP contribution in [0.2, 0.25) is 0 Å². The molecule has 0 spiro atoms. The zero-order valence-corrected chi connectivity index (χ0v) is 19.7. The molecule has 0 unspecified atom stereocenters. The molecule has 12 heteroatoms. The Labute approximate surface area is 197 Å². The lowest BCUT2D eigenvalue weighted by Crippen LogP contribution is -2.46. The lowest BCUT2D eigenvalue weighted by molar-refractivity contribution is 0.0497. The second-order valence-electron chi connectivity index (χ2n) is 9.02. The van der Waals surface area contributed by atoms with E-state index in [0.29, 0.717) is 25.1 Å².